The molecular weight excluding hydrogens is 342 g/mol. The van der Waals surface area contributed by atoms with Gasteiger partial charge >= 0.3 is 0 Å². The first-order chi connectivity index (χ1) is 13.1. The summed E-state index contributed by atoms with van der Waals surface area (Å²) in [6, 6.07) is 5.67. The van der Waals surface area contributed by atoms with Crippen molar-refractivity contribution in [1.82, 2.24) is 15.1 Å². The predicted molar refractivity (Wildman–Crippen MR) is 104 cm³/mol. The number of aliphatic hydroxyl groups excluding tert-OH is 1. The number of benzene rings is 1. The number of aliphatic hydroxyl groups is 1. The SMILES string of the molecule is CC#Cc1ccc([C@H]2N=NC(NC3CCCN(CCO)C3)=CN2C)c(O)c1. The van der Waals surface area contributed by atoms with E-state index in [1.165, 1.54) is 0 Å². The summed E-state index contributed by atoms with van der Waals surface area (Å²) < 4.78 is 0. The van der Waals surface area contributed by atoms with Crippen molar-refractivity contribution in [3.8, 4) is 17.6 Å². The summed E-state index contributed by atoms with van der Waals surface area (Å²) >= 11 is 0. The molecule has 2 atom stereocenters. The fourth-order valence-corrected chi connectivity index (χ4v) is 3.55. The van der Waals surface area contributed by atoms with Crippen molar-refractivity contribution in [1.29, 1.82) is 0 Å². The topological polar surface area (TPSA) is 83.7 Å². The molecule has 0 amide bonds. The minimum Gasteiger partial charge on any atom is -0.507 e. The molecule has 1 saturated heterocycles. The van der Waals surface area contributed by atoms with E-state index in [9.17, 15) is 5.11 Å². The molecule has 0 radical (unpaired) electrons. The smallest absolute Gasteiger partial charge is 0.171 e. The molecule has 0 spiro atoms. The molecule has 1 unspecified atom stereocenters. The Morgan fingerprint density at radius 2 is 2.22 bits per heavy atom. The normalized spacial score (nSPS) is 22.8. The van der Waals surface area contributed by atoms with Crippen LogP contribution < -0.4 is 5.32 Å². The molecule has 1 fully saturated rings. The maximum Gasteiger partial charge on any atom is 0.171 e. The highest BCUT2D eigenvalue weighted by Gasteiger charge is 2.24. The van der Waals surface area contributed by atoms with Gasteiger partial charge in [0.15, 0.2) is 12.0 Å². The highest BCUT2D eigenvalue weighted by molar-refractivity contribution is 5.45. The van der Waals surface area contributed by atoms with Gasteiger partial charge in [0.25, 0.3) is 0 Å². The summed E-state index contributed by atoms with van der Waals surface area (Å²) in [5, 5.41) is 31.6. The highest BCUT2D eigenvalue weighted by atomic mass is 16.3. The Morgan fingerprint density at radius 1 is 1.37 bits per heavy atom. The van der Waals surface area contributed by atoms with Gasteiger partial charge in [-0.25, -0.2) is 0 Å². The molecule has 0 saturated carbocycles. The van der Waals surface area contributed by atoms with Crippen LogP contribution in [0.2, 0.25) is 0 Å². The fraction of sp³-hybridized carbons (Fsp3) is 0.500. The number of hydrogen-bond acceptors (Lipinski definition) is 7. The zero-order valence-corrected chi connectivity index (χ0v) is 15.9. The van der Waals surface area contributed by atoms with E-state index < -0.39 is 0 Å². The maximum atomic E-state index is 10.3. The van der Waals surface area contributed by atoms with E-state index in [4.69, 9.17) is 5.11 Å². The van der Waals surface area contributed by atoms with Gasteiger partial charge < -0.3 is 20.4 Å². The third-order valence-electron chi connectivity index (χ3n) is 4.84. The van der Waals surface area contributed by atoms with Crippen LogP contribution in [-0.4, -0.2) is 59.3 Å². The van der Waals surface area contributed by atoms with Gasteiger partial charge in [-0.2, -0.15) is 5.11 Å². The number of azo groups is 1. The maximum absolute atomic E-state index is 10.3. The fourth-order valence-electron chi connectivity index (χ4n) is 3.55. The monoisotopic (exact) mass is 369 g/mol. The Kier molecular flexibility index (Phi) is 6.32. The predicted octanol–water partition coefficient (Wildman–Crippen LogP) is 2.00. The van der Waals surface area contributed by atoms with Gasteiger partial charge in [-0.1, -0.05) is 5.92 Å². The molecular formula is C20H27N5O2. The van der Waals surface area contributed by atoms with E-state index >= 15 is 0 Å². The van der Waals surface area contributed by atoms with Crippen LogP contribution in [-0.2, 0) is 0 Å². The van der Waals surface area contributed by atoms with Gasteiger partial charge in [-0.05, 0) is 44.5 Å². The van der Waals surface area contributed by atoms with E-state index in [0.29, 0.717) is 18.2 Å². The number of phenols is 1. The molecule has 2 aliphatic heterocycles. The minimum atomic E-state index is -0.364. The first-order valence-corrected chi connectivity index (χ1v) is 9.30. The lowest BCUT2D eigenvalue weighted by molar-refractivity contribution is 0.154. The number of phenolic OH excluding ortho intramolecular Hbond substituents is 1. The summed E-state index contributed by atoms with van der Waals surface area (Å²) in [6.07, 6.45) is 3.72. The van der Waals surface area contributed by atoms with Crippen LogP contribution in [0.1, 0.15) is 37.1 Å². The van der Waals surface area contributed by atoms with Crippen LogP contribution in [0.25, 0.3) is 0 Å². The van der Waals surface area contributed by atoms with Gasteiger partial charge in [-0.3, -0.25) is 4.90 Å². The highest BCUT2D eigenvalue weighted by Crippen LogP contribution is 2.32. The van der Waals surface area contributed by atoms with E-state index in [1.54, 1.807) is 13.0 Å². The molecule has 0 aliphatic carbocycles. The van der Waals surface area contributed by atoms with Crippen LogP contribution in [0.15, 0.2) is 40.4 Å². The Hall–Kier alpha value is -2.56. The van der Waals surface area contributed by atoms with Crippen LogP contribution in [0.5, 0.6) is 5.75 Å². The number of β-amino-alcohol motifs (C(OH)–C–C–N with tert-alkyl or cyclic N) is 1. The second kappa shape index (κ2) is 8.89. The van der Waals surface area contributed by atoms with Crippen LogP contribution >= 0.6 is 0 Å². The van der Waals surface area contributed by atoms with Crippen molar-refractivity contribution in [2.75, 3.05) is 33.3 Å². The number of aromatic hydroxyl groups is 1. The van der Waals surface area contributed by atoms with Gasteiger partial charge in [0.1, 0.15) is 5.75 Å². The average molecular weight is 369 g/mol. The van der Waals surface area contributed by atoms with Crippen molar-refractivity contribution >= 4 is 0 Å². The van der Waals surface area contributed by atoms with Crippen LogP contribution in [0.3, 0.4) is 0 Å². The molecule has 1 aromatic rings. The standard InChI is InChI=1S/C20H27N5O2/c1-3-5-15-7-8-17(18(27)12-15)20-23-22-19(14-24(20)2)21-16-6-4-9-25(13-16)10-11-26/h7-8,12,14,16,20-21,26-27H,4,6,9-11,13H2,1-2H3/t16?,20-/m0/s1. The van der Waals surface area contributed by atoms with Crippen molar-refractivity contribution < 1.29 is 10.2 Å². The number of hydrogen-bond donors (Lipinski definition) is 3. The lowest BCUT2D eigenvalue weighted by Crippen LogP contribution is -2.46. The van der Waals surface area contributed by atoms with Gasteiger partial charge in [0.05, 0.1) is 6.61 Å². The molecule has 3 rings (SSSR count). The molecule has 7 heteroatoms. The quantitative estimate of drug-likeness (QED) is 0.692. The van der Waals surface area contributed by atoms with Crippen LogP contribution in [0, 0.1) is 11.8 Å². The molecule has 1 aromatic carbocycles. The van der Waals surface area contributed by atoms with Gasteiger partial charge in [-0.15, -0.1) is 11.0 Å². The van der Waals surface area contributed by atoms with Gasteiger partial charge in [0, 0.05) is 43.5 Å². The molecule has 144 valence electrons. The van der Waals surface area contributed by atoms with Crippen molar-refractivity contribution in [3.05, 3.63) is 41.3 Å². The summed E-state index contributed by atoms with van der Waals surface area (Å²) in [4.78, 5) is 4.19. The molecule has 7 nitrogen and oxygen atoms in total. The average Bonchev–Trinajstić information content (AvgIpc) is 2.64. The molecule has 3 N–H and O–H groups in total. The van der Waals surface area contributed by atoms with Crippen molar-refractivity contribution in [2.45, 2.75) is 32.0 Å². The second-order valence-electron chi connectivity index (χ2n) is 6.93. The lowest BCUT2D eigenvalue weighted by Gasteiger charge is -2.34. The minimum absolute atomic E-state index is 0.169. The molecule has 2 heterocycles. The van der Waals surface area contributed by atoms with Crippen molar-refractivity contribution in [2.24, 2.45) is 10.2 Å². The zero-order valence-electron chi connectivity index (χ0n) is 15.9. The molecule has 0 aromatic heterocycles. The number of rotatable bonds is 5. The molecule has 27 heavy (non-hydrogen) atoms. The Balaban J connectivity index is 1.65. The Morgan fingerprint density at radius 3 is 2.93 bits per heavy atom. The third kappa shape index (κ3) is 4.79. The summed E-state index contributed by atoms with van der Waals surface area (Å²) in [7, 11) is 1.92. The van der Waals surface area contributed by atoms with E-state index in [1.807, 2.05) is 30.3 Å². The summed E-state index contributed by atoms with van der Waals surface area (Å²) in [6.45, 7) is 4.58. The number of nitrogens with one attached hydrogen (secondary N) is 1. The van der Waals surface area contributed by atoms with E-state index in [0.717, 1.165) is 37.3 Å². The number of likely N-dealkylation sites (tertiary alicyclic amines) is 1. The third-order valence-corrected chi connectivity index (χ3v) is 4.84. The lowest BCUT2D eigenvalue weighted by atomic mass is 10.1. The number of nitrogens with zero attached hydrogens (tertiary/aromatic N) is 4. The largest absolute Gasteiger partial charge is 0.507 e. The number of piperidine rings is 1. The summed E-state index contributed by atoms with van der Waals surface area (Å²) in [5.74, 6) is 6.65. The Labute approximate surface area is 160 Å². The molecule has 2 aliphatic rings. The summed E-state index contributed by atoms with van der Waals surface area (Å²) in [5.41, 5.74) is 1.47. The van der Waals surface area contributed by atoms with Crippen molar-refractivity contribution in [3.63, 3.8) is 0 Å². The first-order valence-electron chi connectivity index (χ1n) is 9.30. The molecule has 0 bridgehead atoms. The second-order valence-corrected chi connectivity index (χ2v) is 6.93. The van der Waals surface area contributed by atoms with E-state index in [2.05, 4.69) is 32.3 Å². The van der Waals surface area contributed by atoms with Gasteiger partial charge in [0.2, 0.25) is 0 Å². The van der Waals surface area contributed by atoms with E-state index in [-0.39, 0.29) is 18.5 Å². The van der Waals surface area contributed by atoms with Crippen LogP contribution in [0.4, 0.5) is 0 Å². The zero-order chi connectivity index (χ0) is 19.2. The Bertz CT molecular complexity index is 778. The first kappa shape index (κ1) is 19.2.